The second kappa shape index (κ2) is 6.24. The van der Waals surface area contributed by atoms with Gasteiger partial charge in [0.15, 0.2) is 0 Å². The van der Waals surface area contributed by atoms with Gasteiger partial charge in [-0.2, -0.15) is 0 Å². The molecule has 94 valence electrons. The summed E-state index contributed by atoms with van der Waals surface area (Å²) in [4.78, 5) is 27.3. The average Bonchev–Trinajstić information content (AvgIpc) is 2.30. The van der Waals surface area contributed by atoms with E-state index in [1.165, 1.54) is 12.1 Å². The summed E-state index contributed by atoms with van der Waals surface area (Å²) >= 11 is 11.5. The number of rotatable bonds is 4. The second-order valence-electron chi connectivity index (χ2n) is 3.22. The van der Waals surface area contributed by atoms with Gasteiger partial charge in [0.05, 0.1) is 11.6 Å². The number of carboxylic acids is 1. The molecule has 0 fully saturated rings. The summed E-state index contributed by atoms with van der Waals surface area (Å²) in [5.41, 5.74) is -0.124. The van der Waals surface area contributed by atoms with Gasteiger partial charge >= 0.3 is 5.97 Å². The number of nitrogens with zero attached hydrogens (tertiary/aromatic N) is 2. The van der Waals surface area contributed by atoms with Gasteiger partial charge in [-0.25, -0.2) is 4.98 Å². The quantitative estimate of drug-likeness (QED) is 0.673. The van der Waals surface area contributed by atoms with Crippen molar-refractivity contribution in [3.8, 4) is 12.3 Å². The number of carbonyl (C=O) groups excluding carboxylic acids is 1. The highest BCUT2D eigenvalue weighted by Crippen LogP contribution is 2.18. The molecule has 0 saturated carbocycles. The molecule has 0 atom stereocenters. The van der Waals surface area contributed by atoms with Crippen molar-refractivity contribution in [1.82, 2.24) is 9.88 Å². The number of pyridine rings is 1. The van der Waals surface area contributed by atoms with E-state index in [9.17, 15) is 9.59 Å². The number of hydrogen-bond donors (Lipinski definition) is 1. The molecule has 1 N–H and O–H groups in total. The highest BCUT2D eigenvalue weighted by molar-refractivity contribution is 6.34. The first-order valence-electron chi connectivity index (χ1n) is 4.72. The van der Waals surface area contributed by atoms with E-state index < -0.39 is 18.4 Å². The Morgan fingerprint density at radius 3 is 2.67 bits per heavy atom. The summed E-state index contributed by atoms with van der Waals surface area (Å²) in [6, 6.07) is 2.82. The molecule has 18 heavy (non-hydrogen) atoms. The van der Waals surface area contributed by atoms with Crippen molar-refractivity contribution in [3.05, 3.63) is 28.0 Å². The first kappa shape index (κ1) is 14.3. The predicted molar refractivity (Wildman–Crippen MR) is 66.6 cm³/mol. The monoisotopic (exact) mass is 286 g/mol. The summed E-state index contributed by atoms with van der Waals surface area (Å²) in [5, 5.41) is 8.85. The lowest BCUT2D eigenvalue weighted by molar-refractivity contribution is -0.137. The van der Waals surface area contributed by atoms with Crippen molar-refractivity contribution < 1.29 is 14.7 Å². The highest BCUT2D eigenvalue weighted by atomic mass is 35.5. The Hall–Kier alpha value is -1.77. The van der Waals surface area contributed by atoms with Crippen LogP contribution in [0.5, 0.6) is 0 Å². The minimum Gasteiger partial charge on any atom is -0.480 e. The SMILES string of the molecule is C#CCN(CC(=O)O)C(=O)c1nc(Cl)ccc1Cl. The number of aliphatic carboxylic acids is 1. The van der Waals surface area contributed by atoms with Crippen molar-refractivity contribution >= 4 is 35.1 Å². The molecule has 0 unspecified atom stereocenters. The van der Waals surface area contributed by atoms with Crippen molar-refractivity contribution in [2.75, 3.05) is 13.1 Å². The molecule has 1 aromatic rings. The molecule has 0 aliphatic carbocycles. The van der Waals surface area contributed by atoms with Crippen LogP contribution < -0.4 is 0 Å². The molecule has 0 aromatic carbocycles. The number of carboxylic acid groups (broad SMARTS) is 1. The van der Waals surface area contributed by atoms with Crippen molar-refractivity contribution in [2.24, 2.45) is 0 Å². The van der Waals surface area contributed by atoms with E-state index in [2.05, 4.69) is 10.9 Å². The Kier molecular flexibility index (Phi) is 4.95. The van der Waals surface area contributed by atoms with E-state index >= 15 is 0 Å². The van der Waals surface area contributed by atoms with E-state index in [0.717, 1.165) is 4.90 Å². The van der Waals surface area contributed by atoms with Crippen LogP contribution in [0.25, 0.3) is 0 Å². The standard InChI is InChI=1S/C11H8Cl2N2O3/c1-2-5-15(6-9(16)17)11(18)10-7(12)3-4-8(13)14-10/h1,3-4H,5-6H2,(H,16,17). The van der Waals surface area contributed by atoms with Crippen LogP contribution >= 0.6 is 23.2 Å². The molecule has 7 heteroatoms. The molecule has 0 bridgehead atoms. The molecule has 0 radical (unpaired) electrons. The fourth-order valence-electron chi connectivity index (χ4n) is 1.19. The normalized spacial score (nSPS) is 9.61. The van der Waals surface area contributed by atoms with Gasteiger partial charge in [-0.3, -0.25) is 9.59 Å². The zero-order valence-corrected chi connectivity index (χ0v) is 10.6. The van der Waals surface area contributed by atoms with Crippen LogP contribution in [0.3, 0.4) is 0 Å². The van der Waals surface area contributed by atoms with E-state index in [4.69, 9.17) is 34.7 Å². The van der Waals surface area contributed by atoms with Gasteiger partial charge in [0.2, 0.25) is 0 Å². The summed E-state index contributed by atoms with van der Waals surface area (Å²) in [7, 11) is 0. The van der Waals surface area contributed by atoms with E-state index in [1.54, 1.807) is 0 Å². The maximum atomic E-state index is 12.0. The number of hydrogen-bond acceptors (Lipinski definition) is 3. The summed E-state index contributed by atoms with van der Waals surface area (Å²) in [6.45, 7) is -0.691. The van der Waals surface area contributed by atoms with E-state index in [0.29, 0.717) is 0 Å². The molecule has 1 aromatic heterocycles. The minimum atomic E-state index is -1.18. The van der Waals surface area contributed by atoms with Crippen LogP contribution in [0.2, 0.25) is 10.2 Å². The van der Waals surface area contributed by atoms with Crippen LogP contribution in [-0.2, 0) is 4.79 Å². The zero-order valence-electron chi connectivity index (χ0n) is 9.06. The Bertz CT molecular complexity index is 526. The highest BCUT2D eigenvalue weighted by Gasteiger charge is 2.21. The topological polar surface area (TPSA) is 70.5 Å². The second-order valence-corrected chi connectivity index (χ2v) is 4.02. The molecule has 0 saturated heterocycles. The molecule has 5 nitrogen and oxygen atoms in total. The van der Waals surface area contributed by atoms with Crippen LogP contribution in [0.15, 0.2) is 12.1 Å². The zero-order chi connectivity index (χ0) is 13.7. The molecule has 1 rings (SSSR count). The molecule has 0 aliphatic rings. The lowest BCUT2D eigenvalue weighted by Crippen LogP contribution is -2.36. The van der Waals surface area contributed by atoms with Crippen LogP contribution in [0.1, 0.15) is 10.5 Å². The van der Waals surface area contributed by atoms with Gasteiger partial charge < -0.3 is 10.0 Å². The summed E-state index contributed by atoms with van der Waals surface area (Å²) < 4.78 is 0. The smallest absolute Gasteiger partial charge is 0.323 e. The number of halogens is 2. The van der Waals surface area contributed by atoms with Gasteiger partial charge in [0.1, 0.15) is 17.4 Å². The maximum absolute atomic E-state index is 12.0. The number of amides is 1. The van der Waals surface area contributed by atoms with E-state index in [-0.39, 0.29) is 22.4 Å². The third-order valence-electron chi connectivity index (χ3n) is 1.91. The fraction of sp³-hybridized carbons (Fsp3) is 0.182. The first-order chi connectivity index (χ1) is 8.45. The lowest BCUT2D eigenvalue weighted by Gasteiger charge is -2.17. The number of carbonyl (C=O) groups is 2. The molecular weight excluding hydrogens is 279 g/mol. The predicted octanol–water partition coefficient (Wildman–Crippen LogP) is 1.55. The summed E-state index contributed by atoms with van der Waals surface area (Å²) in [5.74, 6) is 0.334. The van der Waals surface area contributed by atoms with Crippen LogP contribution in [0, 0.1) is 12.3 Å². The Morgan fingerprint density at radius 1 is 1.44 bits per heavy atom. The third-order valence-corrected chi connectivity index (χ3v) is 2.43. The first-order valence-corrected chi connectivity index (χ1v) is 5.48. The van der Waals surface area contributed by atoms with Crippen molar-refractivity contribution in [2.45, 2.75) is 0 Å². The molecule has 1 amide bonds. The Morgan fingerprint density at radius 2 is 2.11 bits per heavy atom. The Balaban J connectivity index is 3.05. The van der Waals surface area contributed by atoms with Crippen molar-refractivity contribution in [3.63, 3.8) is 0 Å². The minimum absolute atomic E-state index is 0.0804. The Labute approximate surface area is 113 Å². The van der Waals surface area contributed by atoms with Crippen LogP contribution in [-0.4, -0.2) is 40.0 Å². The van der Waals surface area contributed by atoms with Gasteiger partial charge in [0, 0.05) is 0 Å². The number of aromatic nitrogens is 1. The molecule has 0 aliphatic heterocycles. The maximum Gasteiger partial charge on any atom is 0.323 e. The van der Waals surface area contributed by atoms with E-state index in [1.807, 2.05) is 0 Å². The van der Waals surface area contributed by atoms with Gasteiger partial charge in [-0.05, 0) is 12.1 Å². The average molecular weight is 287 g/mol. The largest absolute Gasteiger partial charge is 0.480 e. The molecule has 0 spiro atoms. The van der Waals surface area contributed by atoms with Gasteiger partial charge in [0.25, 0.3) is 5.91 Å². The fourth-order valence-corrected chi connectivity index (χ4v) is 1.52. The summed E-state index contributed by atoms with van der Waals surface area (Å²) in [6.07, 6.45) is 5.07. The van der Waals surface area contributed by atoms with Crippen LogP contribution in [0.4, 0.5) is 0 Å². The van der Waals surface area contributed by atoms with Gasteiger partial charge in [-0.15, -0.1) is 6.42 Å². The number of terminal acetylenes is 1. The third kappa shape index (κ3) is 3.62. The lowest BCUT2D eigenvalue weighted by atomic mass is 10.3. The van der Waals surface area contributed by atoms with Gasteiger partial charge in [-0.1, -0.05) is 29.1 Å². The molecular formula is C11H8Cl2N2O3. The molecule has 1 heterocycles. The van der Waals surface area contributed by atoms with Crippen molar-refractivity contribution in [1.29, 1.82) is 0 Å².